The normalized spacial score (nSPS) is 13.1. The van der Waals surface area contributed by atoms with Gasteiger partial charge in [-0.25, -0.2) is 14.6 Å². The third-order valence-corrected chi connectivity index (χ3v) is 5.12. The molecule has 0 bridgehead atoms. The van der Waals surface area contributed by atoms with Crippen LogP contribution in [0.4, 0.5) is 8.78 Å². The Balaban J connectivity index is 2.41. The molecular formula is C21H29F2N5. The molecule has 1 unspecified atom stereocenters. The van der Waals surface area contributed by atoms with Crippen LogP contribution in [0.3, 0.4) is 0 Å². The predicted molar refractivity (Wildman–Crippen MR) is 109 cm³/mol. The summed E-state index contributed by atoms with van der Waals surface area (Å²) < 4.78 is 28.0. The first kappa shape index (κ1) is 21.8. The maximum Gasteiger partial charge on any atom is 0.129 e. The highest BCUT2D eigenvalue weighted by atomic mass is 19.1. The van der Waals surface area contributed by atoms with Crippen LogP contribution in [0.2, 0.25) is 0 Å². The van der Waals surface area contributed by atoms with E-state index in [1.807, 2.05) is 26.1 Å². The van der Waals surface area contributed by atoms with Crippen LogP contribution in [0.1, 0.15) is 56.4 Å². The zero-order chi connectivity index (χ0) is 20.7. The molecular weight excluding hydrogens is 360 g/mol. The Morgan fingerprint density at radius 1 is 1.25 bits per heavy atom. The van der Waals surface area contributed by atoms with Crippen LogP contribution in [0, 0.1) is 11.6 Å². The number of hydrazone groups is 1. The molecule has 0 spiro atoms. The second kappa shape index (κ2) is 9.59. The van der Waals surface area contributed by atoms with E-state index in [0.29, 0.717) is 5.56 Å². The molecule has 152 valence electrons. The highest BCUT2D eigenvalue weighted by Crippen LogP contribution is 2.39. The summed E-state index contributed by atoms with van der Waals surface area (Å²) in [6, 6.07) is 7.62. The molecule has 0 aliphatic rings. The van der Waals surface area contributed by atoms with E-state index in [-0.39, 0.29) is 6.54 Å². The first-order valence-electron chi connectivity index (χ1n) is 9.44. The SMILES string of the molecule is CCCCc1ccc(C(C)(C)C(CN(N)/C=N\N)c2ccc(F)cc2F)nc1. The Morgan fingerprint density at radius 2 is 2.00 bits per heavy atom. The molecule has 0 radical (unpaired) electrons. The molecule has 2 rings (SSSR count). The molecule has 0 aliphatic heterocycles. The number of benzene rings is 1. The summed E-state index contributed by atoms with van der Waals surface area (Å²) in [4.78, 5) is 4.64. The fraction of sp³-hybridized carbons (Fsp3) is 0.429. The van der Waals surface area contributed by atoms with E-state index in [1.165, 1.54) is 29.0 Å². The Bertz CT molecular complexity index is 790. The number of aryl methyl sites for hydroxylation is 1. The summed E-state index contributed by atoms with van der Waals surface area (Å²) in [5, 5.41) is 4.72. The number of hydrazine groups is 1. The fourth-order valence-corrected chi connectivity index (χ4v) is 3.36. The van der Waals surface area contributed by atoms with E-state index in [2.05, 4.69) is 23.1 Å². The average molecular weight is 389 g/mol. The van der Waals surface area contributed by atoms with Crippen molar-refractivity contribution in [3.05, 3.63) is 65.0 Å². The summed E-state index contributed by atoms with van der Waals surface area (Å²) in [5.41, 5.74) is 1.76. The molecule has 1 atom stereocenters. The number of nitrogens with two attached hydrogens (primary N) is 2. The first-order chi connectivity index (χ1) is 13.3. The van der Waals surface area contributed by atoms with E-state index >= 15 is 0 Å². The third kappa shape index (κ3) is 5.25. The molecule has 0 aliphatic carbocycles. The maximum atomic E-state index is 14.6. The van der Waals surface area contributed by atoms with Crippen LogP contribution >= 0.6 is 0 Å². The number of halogens is 2. The van der Waals surface area contributed by atoms with Crippen molar-refractivity contribution in [2.24, 2.45) is 16.8 Å². The zero-order valence-electron chi connectivity index (χ0n) is 16.7. The minimum absolute atomic E-state index is 0.232. The highest BCUT2D eigenvalue weighted by Gasteiger charge is 2.36. The third-order valence-electron chi connectivity index (χ3n) is 5.12. The van der Waals surface area contributed by atoms with Gasteiger partial charge >= 0.3 is 0 Å². The lowest BCUT2D eigenvalue weighted by Gasteiger charge is -2.36. The van der Waals surface area contributed by atoms with Crippen LogP contribution in [0.15, 0.2) is 41.6 Å². The Morgan fingerprint density at radius 3 is 2.57 bits per heavy atom. The van der Waals surface area contributed by atoms with E-state index in [9.17, 15) is 8.78 Å². The molecule has 0 saturated heterocycles. The lowest BCUT2D eigenvalue weighted by molar-refractivity contribution is 0.307. The quantitative estimate of drug-likeness (QED) is 0.295. The minimum Gasteiger partial charge on any atom is -0.322 e. The second-order valence-electron chi connectivity index (χ2n) is 7.56. The van der Waals surface area contributed by atoms with Gasteiger partial charge < -0.3 is 5.84 Å². The van der Waals surface area contributed by atoms with Gasteiger partial charge in [-0.1, -0.05) is 39.3 Å². The molecule has 1 aromatic heterocycles. The van der Waals surface area contributed by atoms with E-state index in [1.54, 1.807) is 0 Å². The molecule has 28 heavy (non-hydrogen) atoms. The molecule has 1 heterocycles. The van der Waals surface area contributed by atoms with Gasteiger partial charge in [0.05, 0.1) is 0 Å². The first-order valence-corrected chi connectivity index (χ1v) is 9.44. The van der Waals surface area contributed by atoms with Gasteiger partial charge in [-0.3, -0.25) is 9.99 Å². The molecule has 4 N–H and O–H groups in total. The maximum absolute atomic E-state index is 14.6. The number of aromatic nitrogens is 1. The second-order valence-corrected chi connectivity index (χ2v) is 7.56. The van der Waals surface area contributed by atoms with Gasteiger partial charge in [0, 0.05) is 35.8 Å². The molecule has 0 saturated carbocycles. The zero-order valence-corrected chi connectivity index (χ0v) is 16.7. The van der Waals surface area contributed by atoms with Gasteiger partial charge in [0.1, 0.15) is 18.0 Å². The number of pyridine rings is 1. The summed E-state index contributed by atoms with van der Waals surface area (Å²) >= 11 is 0. The molecule has 0 amide bonds. The van der Waals surface area contributed by atoms with Gasteiger partial charge in [-0.15, -0.1) is 0 Å². The van der Waals surface area contributed by atoms with Gasteiger partial charge in [0.2, 0.25) is 0 Å². The van der Waals surface area contributed by atoms with Gasteiger partial charge in [-0.2, -0.15) is 5.10 Å². The van der Waals surface area contributed by atoms with Crippen LogP contribution in [0.5, 0.6) is 0 Å². The molecule has 7 heteroatoms. The summed E-state index contributed by atoms with van der Waals surface area (Å²) in [5.74, 6) is 9.48. The Labute approximate surface area is 165 Å². The van der Waals surface area contributed by atoms with E-state index < -0.39 is 23.0 Å². The fourth-order valence-electron chi connectivity index (χ4n) is 3.36. The van der Waals surface area contributed by atoms with E-state index in [4.69, 9.17) is 11.7 Å². The summed E-state index contributed by atoms with van der Waals surface area (Å²) in [6.45, 7) is 6.33. The Hall–Kier alpha value is -2.54. The molecule has 0 fully saturated rings. The van der Waals surface area contributed by atoms with Crippen LogP contribution in [-0.4, -0.2) is 22.9 Å². The molecule has 5 nitrogen and oxygen atoms in total. The van der Waals surface area contributed by atoms with Crippen molar-refractivity contribution in [3.63, 3.8) is 0 Å². The molecule has 2 aromatic rings. The summed E-state index contributed by atoms with van der Waals surface area (Å²) in [6.07, 6.45) is 6.34. The number of nitrogens with zero attached hydrogens (tertiary/aromatic N) is 3. The lowest BCUT2D eigenvalue weighted by Crippen LogP contribution is -2.41. The van der Waals surface area contributed by atoms with Crippen LogP contribution in [-0.2, 0) is 11.8 Å². The van der Waals surface area contributed by atoms with Crippen molar-refractivity contribution in [1.82, 2.24) is 9.99 Å². The van der Waals surface area contributed by atoms with Crippen molar-refractivity contribution in [2.75, 3.05) is 6.54 Å². The summed E-state index contributed by atoms with van der Waals surface area (Å²) in [7, 11) is 0. The van der Waals surface area contributed by atoms with Crippen molar-refractivity contribution >= 4 is 6.34 Å². The Kier molecular flexibility index (Phi) is 7.45. The largest absolute Gasteiger partial charge is 0.322 e. The highest BCUT2D eigenvalue weighted by molar-refractivity contribution is 5.53. The number of hydrogen-bond donors (Lipinski definition) is 2. The minimum atomic E-state index is -0.621. The molecule has 1 aromatic carbocycles. The van der Waals surface area contributed by atoms with Crippen molar-refractivity contribution in [1.29, 1.82) is 0 Å². The predicted octanol–water partition coefficient (Wildman–Crippen LogP) is 3.84. The van der Waals surface area contributed by atoms with Crippen LogP contribution < -0.4 is 11.7 Å². The number of unbranched alkanes of at least 4 members (excludes halogenated alkanes) is 1. The topological polar surface area (TPSA) is 80.5 Å². The lowest BCUT2D eigenvalue weighted by atomic mass is 9.72. The van der Waals surface area contributed by atoms with Gasteiger partial charge in [0.25, 0.3) is 0 Å². The van der Waals surface area contributed by atoms with E-state index in [0.717, 1.165) is 31.0 Å². The van der Waals surface area contributed by atoms with Crippen molar-refractivity contribution < 1.29 is 8.78 Å². The monoisotopic (exact) mass is 389 g/mol. The van der Waals surface area contributed by atoms with Crippen molar-refractivity contribution in [2.45, 2.75) is 51.4 Å². The number of hydrogen-bond acceptors (Lipinski definition) is 4. The standard InChI is InChI=1S/C21H29F2N5/c1-4-5-6-15-7-10-20(26-12-15)21(2,3)18(13-28(25)14-27-24)17-9-8-16(22)11-19(17)23/h7-12,14,18H,4-6,13,24-25H2,1-3H3/b27-14-. The average Bonchev–Trinajstić information content (AvgIpc) is 2.65. The van der Waals surface area contributed by atoms with Gasteiger partial charge in [-0.05, 0) is 36.1 Å². The van der Waals surface area contributed by atoms with Gasteiger partial charge in [0.15, 0.2) is 0 Å². The van der Waals surface area contributed by atoms with Crippen molar-refractivity contribution in [3.8, 4) is 0 Å². The number of rotatable bonds is 9. The van der Waals surface area contributed by atoms with Crippen LogP contribution in [0.25, 0.3) is 0 Å². The smallest absolute Gasteiger partial charge is 0.129 e.